The summed E-state index contributed by atoms with van der Waals surface area (Å²) in [7, 11) is -7.87. The number of nitrogens with two attached hydrogens (primary N) is 2. The Labute approximate surface area is 211 Å². The summed E-state index contributed by atoms with van der Waals surface area (Å²) in [5.74, 6) is -2.01. The molecule has 1 aromatic rings. The van der Waals surface area contributed by atoms with Crippen LogP contribution in [0.4, 0.5) is 11.4 Å². The van der Waals surface area contributed by atoms with Crippen LogP contribution in [0.15, 0.2) is 39.2 Å². The molecular weight excluding hydrogens is 565 g/mol. The van der Waals surface area contributed by atoms with Crippen molar-refractivity contribution in [3.8, 4) is 12.1 Å². The van der Waals surface area contributed by atoms with Crippen molar-refractivity contribution in [2.45, 2.75) is 19.6 Å². The minimum atomic E-state index is -3.94. The molecule has 0 bridgehead atoms. The number of nitrogens with zero attached hydrogens (tertiary/aromatic N) is 2. The van der Waals surface area contributed by atoms with Crippen molar-refractivity contribution in [1.29, 1.82) is 10.5 Å². The Morgan fingerprint density at radius 2 is 1.00 bits per heavy atom. The van der Waals surface area contributed by atoms with Crippen LogP contribution in [0.3, 0.4) is 0 Å². The molecule has 34 heavy (non-hydrogen) atoms. The average Bonchev–Trinajstić information content (AvgIpc) is 3.28. The van der Waals surface area contributed by atoms with Crippen molar-refractivity contribution < 1.29 is 26.4 Å². The SMILES string of the molecule is CS(=O)(=O)Nc1c(NS(C)(=O)=O)c2c(c3c1S/C(=C(\C#N)C(N)=O)S3)S/C(=C(\C#N)C(N)=O)S2. The van der Waals surface area contributed by atoms with Gasteiger partial charge in [-0.3, -0.25) is 19.0 Å². The van der Waals surface area contributed by atoms with Gasteiger partial charge >= 0.3 is 0 Å². The molecule has 0 atom stereocenters. The van der Waals surface area contributed by atoms with Gasteiger partial charge in [-0.05, 0) is 0 Å². The molecule has 2 aliphatic heterocycles. The third-order valence-corrected chi connectivity index (χ3v) is 10.3. The lowest BCUT2D eigenvalue weighted by Crippen LogP contribution is -2.17. The van der Waals surface area contributed by atoms with Crippen LogP contribution in [0.25, 0.3) is 0 Å². The number of hydrogen-bond donors (Lipinski definition) is 4. The van der Waals surface area contributed by atoms with Crippen molar-refractivity contribution in [3.05, 3.63) is 19.6 Å². The maximum atomic E-state index is 12.1. The van der Waals surface area contributed by atoms with Gasteiger partial charge < -0.3 is 11.5 Å². The van der Waals surface area contributed by atoms with E-state index in [1.165, 1.54) is 0 Å². The van der Waals surface area contributed by atoms with Crippen LogP contribution >= 0.6 is 47.0 Å². The third kappa shape index (κ3) is 5.27. The van der Waals surface area contributed by atoms with Gasteiger partial charge in [0.15, 0.2) is 0 Å². The minimum absolute atomic E-state index is 0.150. The van der Waals surface area contributed by atoms with Gasteiger partial charge in [-0.2, -0.15) is 10.5 Å². The number of primary amides is 2. The molecule has 0 saturated heterocycles. The average molecular weight is 577 g/mol. The molecule has 0 radical (unpaired) electrons. The molecule has 0 saturated carbocycles. The van der Waals surface area contributed by atoms with Crippen LogP contribution in [-0.2, 0) is 29.6 Å². The zero-order valence-corrected chi connectivity index (χ0v) is 21.8. The van der Waals surface area contributed by atoms with Gasteiger partial charge in [0.1, 0.15) is 23.3 Å². The lowest BCUT2D eigenvalue weighted by atomic mass is 10.2. The fourth-order valence-corrected chi connectivity index (χ4v) is 9.53. The maximum Gasteiger partial charge on any atom is 0.261 e. The smallest absolute Gasteiger partial charge is 0.261 e. The molecule has 12 nitrogen and oxygen atoms in total. The van der Waals surface area contributed by atoms with Crippen molar-refractivity contribution in [2.75, 3.05) is 22.0 Å². The summed E-state index contributed by atoms with van der Waals surface area (Å²) in [5.41, 5.74) is 9.53. The zero-order chi connectivity index (χ0) is 25.6. The molecule has 6 N–H and O–H groups in total. The van der Waals surface area contributed by atoms with E-state index in [4.69, 9.17) is 11.5 Å². The van der Waals surface area contributed by atoms with E-state index in [-0.39, 0.29) is 40.8 Å². The van der Waals surface area contributed by atoms with Crippen LogP contribution in [-0.4, -0.2) is 41.2 Å². The number of hydrogen-bond acceptors (Lipinski definition) is 12. The Balaban J connectivity index is 2.42. The zero-order valence-electron chi connectivity index (χ0n) is 16.9. The molecule has 2 aliphatic rings. The van der Waals surface area contributed by atoms with E-state index in [1.807, 2.05) is 0 Å². The van der Waals surface area contributed by atoms with Gasteiger partial charge in [-0.1, -0.05) is 47.0 Å². The highest BCUT2D eigenvalue weighted by atomic mass is 32.2. The predicted octanol–water partition coefficient (Wildman–Crippen LogP) is 1.27. The molecular formula is C16H12N6O6S6. The third-order valence-electron chi connectivity index (χ3n) is 3.80. The number of amides is 2. The van der Waals surface area contributed by atoms with E-state index < -0.39 is 31.9 Å². The first-order valence-electron chi connectivity index (χ1n) is 8.46. The number of carbonyl (C=O) groups is 2. The van der Waals surface area contributed by atoms with Gasteiger partial charge in [0.05, 0.1) is 42.2 Å². The number of thioether (sulfide) groups is 4. The number of nitrogens with one attached hydrogen (secondary N) is 2. The van der Waals surface area contributed by atoms with Crippen molar-refractivity contribution in [1.82, 2.24) is 0 Å². The molecule has 0 spiro atoms. The Kier molecular flexibility index (Phi) is 7.14. The van der Waals surface area contributed by atoms with E-state index in [0.717, 1.165) is 59.6 Å². The summed E-state index contributed by atoms with van der Waals surface area (Å²) >= 11 is 3.61. The molecule has 2 amide bonds. The summed E-state index contributed by atoms with van der Waals surface area (Å²) in [4.78, 5) is 24.6. The molecule has 0 aliphatic carbocycles. The standard InChI is InChI=1S/C16H12N6O6S6/c1-33(25,26)21-7-8(22-34(2,27)28)10-12(32-16(30-10)6(4-18)14(20)24)11-9(7)29-15(31-11)5(3-17)13(19)23/h21-22H,1-2H3,(H2,19,23)(H2,20,24)/b15-5-,16-6+. The van der Waals surface area contributed by atoms with E-state index >= 15 is 0 Å². The lowest BCUT2D eigenvalue weighted by molar-refractivity contribution is -0.115. The highest BCUT2D eigenvalue weighted by Gasteiger charge is 2.39. The largest absolute Gasteiger partial charge is 0.365 e. The second-order valence-corrected chi connectivity index (χ2v) is 14.6. The molecule has 178 valence electrons. The van der Waals surface area contributed by atoms with Crippen LogP contribution < -0.4 is 20.9 Å². The Hall–Kier alpha value is -2.48. The summed E-state index contributed by atoms with van der Waals surface area (Å²) in [6.07, 6.45) is 1.72. The number of rotatable bonds is 6. The van der Waals surface area contributed by atoms with Crippen molar-refractivity contribution in [3.63, 3.8) is 0 Å². The van der Waals surface area contributed by atoms with Crippen LogP contribution in [0, 0.1) is 22.7 Å². The molecule has 0 aromatic heterocycles. The monoisotopic (exact) mass is 576 g/mol. The number of anilines is 2. The Morgan fingerprint density at radius 1 is 0.706 bits per heavy atom. The second-order valence-electron chi connectivity index (χ2n) is 6.50. The first-order chi connectivity index (χ1) is 15.7. The summed E-state index contributed by atoms with van der Waals surface area (Å²) in [6.45, 7) is 0. The number of benzene rings is 1. The van der Waals surface area contributed by atoms with E-state index in [1.54, 1.807) is 12.1 Å². The molecule has 2 heterocycles. The molecule has 1 aromatic carbocycles. The summed E-state index contributed by atoms with van der Waals surface area (Å²) < 4.78 is 53.4. The van der Waals surface area contributed by atoms with Gasteiger partial charge in [-0.25, -0.2) is 16.8 Å². The highest BCUT2D eigenvalue weighted by molar-refractivity contribution is 8.27. The minimum Gasteiger partial charge on any atom is -0.365 e. The first-order valence-corrected chi connectivity index (χ1v) is 15.5. The number of sulfonamides is 2. The van der Waals surface area contributed by atoms with E-state index in [0.29, 0.717) is 9.79 Å². The van der Waals surface area contributed by atoms with Gasteiger partial charge in [0, 0.05) is 9.79 Å². The Bertz CT molecular complexity index is 1420. The van der Waals surface area contributed by atoms with Crippen LogP contribution in [0.2, 0.25) is 0 Å². The number of nitriles is 2. The van der Waals surface area contributed by atoms with Crippen LogP contribution in [0.1, 0.15) is 0 Å². The topological polar surface area (TPSA) is 226 Å². The molecule has 0 fully saturated rings. The van der Waals surface area contributed by atoms with Crippen LogP contribution in [0.5, 0.6) is 0 Å². The van der Waals surface area contributed by atoms with Crippen molar-refractivity contribution >= 4 is 90.3 Å². The predicted molar refractivity (Wildman–Crippen MR) is 130 cm³/mol. The lowest BCUT2D eigenvalue weighted by Gasteiger charge is -2.18. The van der Waals surface area contributed by atoms with Crippen molar-refractivity contribution in [2.24, 2.45) is 11.5 Å². The molecule has 18 heteroatoms. The highest BCUT2D eigenvalue weighted by Crippen LogP contribution is 2.67. The summed E-state index contributed by atoms with van der Waals surface area (Å²) in [6, 6.07) is 3.41. The second kappa shape index (κ2) is 9.29. The van der Waals surface area contributed by atoms with Gasteiger partial charge in [0.25, 0.3) is 11.8 Å². The first kappa shape index (κ1) is 26.1. The maximum absolute atomic E-state index is 12.1. The van der Waals surface area contributed by atoms with E-state index in [9.17, 15) is 36.9 Å². The van der Waals surface area contributed by atoms with Gasteiger partial charge in [0.2, 0.25) is 20.0 Å². The normalized spacial score (nSPS) is 17.6. The quantitative estimate of drug-likeness (QED) is 0.213. The van der Waals surface area contributed by atoms with E-state index in [2.05, 4.69) is 9.44 Å². The molecule has 3 rings (SSSR count). The number of fused-ring (bicyclic) bond motifs is 3. The summed E-state index contributed by atoms with van der Waals surface area (Å²) in [5, 5.41) is 18.7. The number of carbonyl (C=O) groups excluding carboxylic acids is 2. The fraction of sp³-hybridized carbons (Fsp3) is 0.125. The Morgan fingerprint density at radius 3 is 1.24 bits per heavy atom. The van der Waals surface area contributed by atoms with Gasteiger partial charge in [-0.15, -0.1) is 0 Å². The molecule has 0 unspecified atom stereocenters. The fourth-order valence-electron chi connectivity index (χ4n) is 2.63.